The summed E-state index contributed by atoms with van der Waals surface area (Å²) in [4.78, 5) is 21.0. The topological polar surface area (TPSA) is 84.2 Å². The molecule has 3 aromatic rings. The summed E-state index contributed by atoms with van der Waals surface area (Å²) in [6.45, 7) is 7.61. The van der Waals surface area contributed by atoms with E-state index >= 15 is 0 Å². The number of rotatable bonds is 7. The van der Waals surface area contributed by atoms with Crippen LogP contribution in [0.2, 0.25) is 0 Å². The van der Waals surface area contributed by atoms with Gasteiger partial charge in [-0.05, 0) is 44.0 Å². The molecule has 144 valence electrons. The third kappa shape index (κ3) is 4.81. The quantitative estimate of drug-likeness (QED) is 0.650. The number of benzene rings is 1. The molecule has 0 saturated heterocycles. The molecule has 0 atom stereocenters. The molecule has 7 nitrogen and oxygen atoms in total. The predicted molar refractivity (Wildman–Crippen MR) is 108 cm³/mol. The molecule has 0 unspecified atom stereocenters. The molecular weight excluding hydrogens is 364 g/mol. The zero-order valence-corrected chi connectivity index (χ0v) is 16.6. The van der Waals surface area contributed by atoms with Crippen LogP contribution in [0.4, 0.5) is 5.69 Å². The zero-order chi connectivity index (χ0) is 18.5. The number of nitrogens with zero attached hydrogens (tertiary/aromatic N) is 4. The third-order valence-electron chi connectivity index (χ3n) is 4.45. The third-order valence-corrected chi connectivity index (χ3v) is 4.45. The van der Waals surface area contributed by atoms with Crippen LogP contribution >= 0.6 is 12.4 Å². The molecule has 1 aromatic carbocycles. The van der Waals surface area contributed by atoms with E-state index in [-0.39, 0.29) is 18.3 Å². The second-order valence-corrected chi connectivity index (χ2v) is 6.22. The molecular formula is C19H25ClN6O. The summed E-state index contributed by atoms with van der Waals surface area (Å²) in [5.41, 5.74) is 4.85. The normalized spacial score (nSPS) is 10.6. The van der Waals surface area contributed by atoms with Crippen molar-refractivity contribution in [1.82, 2.24) is 24.9 Å². The van der Waals surface area contributed by atoms with Crippen molar-refractivity contribution in [3.05, 3.63) is 53.1 Å². The molecule has 2 N–H and O–H groups in total. The largest absolute Gasteiger partial charge is 0.326 e. The molecule has 0 aliphatic carbocycles. The van der Waals surface area contributed by atoms with Gasteiger partial charge in [0.15, 0.2) is 0 Å². The van der Waals surface area contributed by atoms with Crippen molar-refractivity contribution in [2.45, 2.75) is 40.2 Å². The predicted octanol–water partition coefficient (Wildman–Crippen LogP) is 2.84. The molecule has 1 amide bonds. The Balaban J connectivity index is 0.00000261. The van der Waals surface area contributed by atoms with E-state index in [1.54, 1.807) is 4.52 Å². The number of amides is 1. The van der Waals surface area contributed by atoms with Crippen molar-refractivity contribution < 1.29 is 4.79 Å². The Morgan fingerprint density at radius 1 is 1.22 bits per heavy atom. The lowest BCUT2D eigenvalue weighted by atomic mass is 10.1. The standard InChI is InChI=1S/C19H24N6O.ClH/c1-4-20-11-15-7-5-6-8-17(15)24-18(26)10-9-16-13(2)23-19-21-12-22-25(19)14(16)3;/h5-8,12,20H,4,9-11H2,1-3H3,(H,24,26);1H. The number of aromatic nitrogens is 4. The highest BCUT2D eigenvalue weighted by Gasteiger charge is 2.13. The minimum Gasteiger partial charge on any atom is -0.326 e. The van der Waals surface area contributed by atoms with Gasteiger partial charge in [0.25, 0.3) is 5.78 Å². The highest BCUT2D eigenvalue weighted by molar-refractivity contribution is 5.91. The number of nitrogens with one attached hydrogen (secondary N) is 2. The molecule has 0 bridgehead atoms. The summed E-state index contributed by atoms with van der Waals surface area (Å²) in [7, 11) is 0. The van der Waals surface area contributed by atoms with Gasteiger partial charge in [-0.15, -0.1) is 12.4 Å². The molecule has 0 aliphatic rings. The van der Waals surface area contributed by atoms with Gasteiger partial charge in [-0.25, -0.2) is 9.50 Å². The fourth-order valence-corrected chi connectivity index (χ4v) is 3.02. The van der Waals surface area contributed by atoms with Gasteiger partial charge in [0, 0.05) is 30.0 Å². The summed E-state index contributed by atoms with van der Waals surface area (Å²) in [5, 5.41) is 10.5. The second kappa shape index (κ2) is 9.43. The maximum absolute atomic E-state index is 12.5. The van der Waals surface area contributed by atoms with E-state index in [2.05, 4.69) is 32.6 Å². The average molecular weight is 389 g/mol. The van der Waals surface area contributed by atoms with E-state index in [4.69, 9.17) is 0 Å². The van der Waals surface area contributed by atoms with Crippen LogP contribution in [0.3, 0.4) is 0 Å². The second-order valence-electron chi connectivity index (χ2n) is 6.22. The molecule has 0 fully saturated rings. The van der Waals surface area contributed by atoms with Gasteiger partial charge in [-0.1, -0.05) is 25.1 Å². The van der Waals surface area contributed by atoms with Crippen LogP contribution in [-0.2, 0) is 17.8 Å². The van der Waals surface area contributed by atoms with E-state index in [0.29, 0.717) is 18.6 Å². The lowest BCUT2D eigenvalue weighted by molar-refractivity contribution is -0.116. The highest BCUT2D eigenvalue weighted by atomic mass is 35.5. The molecule has 2 aromatic heterocycles. The van der Waals surface area contributed by atoms with Gasteiger partial charge < -0.3 is 10.6 Å². The van der Waals surface area contributed by atoms with Crippen LogP contribution in [0.25, 0.3) is 5.78 Å². The zero-order valence-electron chi connectivity index (χ0n) is 15.8. The smallest absolute Gasteiger partial charge is 0.252 e. The fourth-order valence-electron chi connectivity index (χ4n) is 3.02. The minimum atomic E-state index is -0.00793. The Morgan fingerprint density at radius 3 is 2.78 bits per heavy atom. The van der Waals surface area contributed by atoms with Gasteiger partial charge in [0.1, 0.15) is 6.33 Å². The monoisotopic (exact) mass is 388 g/mol. The Morgan fingerprint density at radius 2 is 2.00 bits per heavy atom. The summed E-state index contributed by atoms with van der Waals surface area (Å²) in [5.74, 6) is 0.581. The van der Waals surface area contributed by atoms with Crippen LogP contribution < -0.4 is 10.6 Å². The molecule has 27 heavy (non-hydrogen) atoms. The Kier molecular flexibility index (Phi) is 7.27. The van der Waals surface area contributed by atoms with Gasteiger partial charge in [0.2, 0.25) is 5.91 Å². The summed E-state index contributed by atoms with van der Waals surface area (Å²) >= 11 is 0. The van der Waals surface area contributed by atoms with Crippen LogP contribution in [0, 0.1) is 13.8 Å². The van der Waals surface area contributed by atoms with E-state index in [0.717, 1.165) is 41.3 Å². The first kappa shape index (κ1) is 20.8. The average Bonchev–Trinajstić information content (AvgIpc) is 3.09. The highest BCUT2D eigenvalue weighted by Crippen LogP contribution is 2.17. The van der Waals surface area contributed by atoms with Crippen LogP contribution in [0.5, 0.6) is 0 Å². The molecule has 8 heteroatoms. The summed E-state index contributed by atoms with van der Waals surface area (Å²) in [6.07, 6.45) is 2.49. The van der Waals surface area contributed by atoms with E-state index in [1.807, 2.05) is 38.1 Å². The van der Waals surface area contributed by atoms with Crippen LogP contribution in [-0.4, -0.2) is 32.0 Å². The van der Waals surface area contributed by atoms with Crippen molar-refractivity contribution in [3.63, 3.8) is 0 Å². The van der Waals surface area contributed by atoms with Gasteiger partial charge in [-0.2, -0.15) is 10.1 Å². The molecule has 0 saturated carbocycles. The lowest BCUT2D eigenvalue weighted by Crippen LogP contribution is -2.18. The van der Waals surface area contributed by atoms with E-state index < -0.39 is 0 Å². The first-order valence-electron chi connectivity index (χ1n) is 8.84. The van der Waals surface area contributed by atoms with Crippen molar-refractivity contribution in [2.24, 2.45) is 0 Å². The first-order chi connectivity index (χ1) is 12.6. The van der Waals surface area contributed by atoms with E-state index in [9.17, 15) is 4.79 Å². The maximum atomic E-state index is 12.5. The van der Waals surface area contributed by atoms with Gasteiger partial charge in [-0.3, -0.25) is 4.79 Å². The Hall–Kier alpha value is -2.51. The molecule has 0 radical (unpaired) electrons. The van der Waals surface area contributed by atoms with Gasteiger partial charge >= 0.3 is 0 Å². The number of hydrogen-bond acceptors (Lipinski definition) is 5. The first-order valence-corrected chi connectivity index (χ1v) is 8.84. The number of halogens is 1. The number of para-hydroxylation sites is 1. The number of carbonyl (C=O) groups excluding carboxylic acids is 1. The van der Waals surface area contributed by atoms with Crippen LogP contribution in [0.15, 0.2) is 30.6 Å². The molecule has 3 rings (SSSR count). The molecule has 0 spiro atoms. The van der Waals surface area contributed by atoms with E-state index in [1.165, 1.54) is 6.33 Å². The van der Waals surface area contributed by atoms with Crippen LogP contribution in [0.1, 0.15) is 35.9 Å². The number of fused-ring (bicyclic) bond motifs is 1. The Labute approximate surface area is 165 Å². The number of aryl methyl sites for hydroxylation is 2. The number of hydrogen-bond donors (Lipinski definition) is 2. The van der Waals surface area contributed by atoms with Crippen molar-refractivity contribution >= 4 is 29.8 Å². The van der Waals surface area contributed by atoms with Crippen molar-refractivity contribution in [3.8, 4) is 0 Å². The maximum Gasteiger partial charge on any atom is 0.252 e. The lowest BCUT2D eigenvalue weighted by Gasteiger charge is -2.13. The SMILES string of the molecule is CCNCc1ccccc1NC(=O)CCc1c(C)nc2ncnn2c1C.Cl. The number of anilines is 1. The summed E-state index contributed by atoms with van der Waals surface area (Å²) in [6, 6.07) is 7.87. The van der Waals surface area contributed by atoms with Crippen molar-refractivity contribution in [1.29, 1.82) is 0 Å². The molecule has 2 heterocycles. The number of carbonyl (C=O) groups is 1. The van der Waals surface area contributed by atoms with Crippen molar-refractivity contribution in [2.75, 3.05) is 11.9 Å². The fraction of sp³-hybridized carbons (Fsp3) is 0.368. The summed E-state index contributed by atoms with van der Waals surface area (Å²) < 4.78 is 1.71. The molecule has 0 aliphatic heterocycles. The van der Waals surface area contributed by atoms with Gasteiger partial charge in [0.05, 0.1) is 0 Å². The Bertz CT molecular complexity index is 924. The minimum absolute atomic E-state index is 0.